The van der Waals surface area contributed by atoms with Crippen molar-refractivity contribution in [3.8, 4) is 23.0 Å². The second-order valence-electron chi connectivity index (χ2n) is 6.49. The largest absolute Gasteiger partial charge is 0.504 e. The minimum Gasteiger partial charge on any atom is -0.504 e. The van der Waals surface area contributed by atoms with E-state index in [2.05, 4.69) is 0 Å². The monoisotopic (exact) mass is 374 g/mol. The molecule has 7 nitrogen and oxygen atoms in total. The number of benzene rings is 2. The maximum Gasteiger partial charge on any atom is 0.309 e. The molecule has 1 heterocycles. The minimum atomic E-state index is -0.995. The molecule has 0 bridgehead atoms. The number of phenolic OH excluding ortho intramolecular Hbond substituents is 2. The molecule has 3 unspecified atom stereocenters. The number of phenols is 2. The minimum absolute atomic E-state index is 0.0152. The highest BCUT2D eigenvalue weighted by atomic mass is 16.5. The Labute approximate surface area is 156 Å². The number of aliphatic hydroxyl groups excluding tert-OH is 1. The van der Waals surface area contributed by atoms with Crippen LogP contribution in [0.3, 0.4) is 0 Å². The summed E-state index contributed by atoms with van der Waals surface area (Å²) in [5.41, 5.74) is 1.20. The molecule has 144 valence electrons. The van der Waals surface area contributed by atoms with Gasteiger partial charge in [-0.3, -0.25) is 4.79 Å². The molecule has 3 rings (SSSR count). The quantitative estimate of drug-likeness (QED) is 0.666. The van der Waals surface area contributed by atoms with Crippen molar-refractivity contribution in [2.45, 2.75) is 12.5 Å². The van der Waals surface area contributed by atoms with Crippen molar-refractivity contribution in [1.29, 1.82) is 0 Å². The van der Waals surface area contributed by atoms with Gasteiger partial charge < -0.3 is 29.5 Å². The lowest BCUT2D eigenvalue weighted by atomic mass is 9.83. The van der Waals surface area contributed by atoms with Crippen LogP contribution >= 0.6 is 0 Å². The summed E-state index contributed by atoms with van der Waals surface area (Å²) in [7, 11) is 2.90. The molecule has 0 saturated carbocycles. The third-order valence-electron chi connectivity index (χ3n) is 4.89. The van der Waals surface area contributed by atoms with Gasteiger partial charge in [-0.05, 0) is 41.8 Å². The Morgan fingerprint density at radius 2 is 1.70 bits per heavy atom. The van der Waals surface area contributed by atoms with Crippen LogP contribution in [-0.2, 0) is 16.0 Å². The van der Waals surface area contributed by atoms with E-state index in [9.17, 15) is 20.1 Å². The molecule has 0 aromatic heterocycles. The first-order chi connectivity index (χ1) is 12.9. The first kappa shape index (κ1) is 18.8. The molecule has 27 heavy (non-hydrogen) atoms. The molecule has 0 spiro atoms. The standard InChI is InChI=1S/C20H22O7/c1-25-17-5-3-11(8-15(17)21)7-13-14(10-27-20(13)24)19(23)12-4-6-18(26-2)16(22)9-12/h3-6,8-9,13-14,19,21-23H,7,10H2,1-2H3. The molecule has 0 amide bonds. The van der Waals surface area contributed by atoms with Crippen molar-refractivity contribution in [3.05, 3.63) is 47.5 Å². The second-order valence-corrected chi connectivity index (χ2v) is 6.49. The fourth-order valence-corrected chi connectivity index (χ4v) is 3.38. The third-order valence-corrected chi connectivity index (χ3v) is 4.89. The van der Waals surface area contributed by atoms with Crippen molar-refractivity contribution in [1.82, 2.24) is 0 Å². The van der Waals surface area contributed by atoms with Gasteiger partial charge in [0.25, 0.3) is 0 Å². The summed E-state index contributed by atoms with van der Waals surface area (Å²) < 4.78 is 15.2. The molecule has 7 heteroatoms. The van der Waals surface area contributed by atoms with E-state index in [4.69, 9.17) is 14.2 Å². The number of hydrogen-bond acceptors (Lipinski definition) is 7. The highest BCUT2D eigenvalue weighted by molar-refractivity contribution is 5.75. The maximum atomic E-state index is 12.2. The summed E-state index contributed by atoms with van der Waals surface area (Å²) in [6.45, 7) is 0.0829. The van der Waals surface area contributed by atoms with Gasteiger partial charge in [0.1, 0.15) is 0 Å². The number of hydrogen-bond donors (Lipinski definition) is 3. The van der Waals surface area contributed by atoms with Crippen LogP contribution in [0.15, 0.2) is 36.4 Å². The van der Waals surface area contributed by atoms with Gasteiger partial charge in [0, 0.05) is 5.92 Å². The van der Waals surface area contributed by atoms with Crippen LogP contribution in [0.25, 0.3) is 0 Å². The van der Waals surface area contributed by atoms with E-state index in [0.29, 0.717) is 23.5 Å². The number of rotatable bonds is 6. The van der Waals surface area contributed by atoms with E-state index in [1.165, 1.54) is 26.4 Å². The number of aromatic hydroxyl groups is 2. The molecule has 1 saturated heterocycles. The van der Waals surface area contributed by atoms with Crippen LogP contribution in [0.5, 0.6) is 23.0 Å². The number of aliphatic hydroxyl groups is 1. The summed E-state index contributed by atoms with van der Waals surface area (Å²) in [6, 6.07) is 9.53. The Kier molecular flexibility index (Phi) is 5.41. The zero-order valence-corrected chi connectivity index (χ0v) is 15.1. The number of carbonyl (C=O) groups excluding carboxylic acids is 1. The van der Waals surface area contributed by atoms with Crippen LogP contribution in [0, 0.1) is 11.8 Å². The van der Waals surface area contributed by atoms with Gasteiger partial charge in [0.2, 0.25) is 0 Å². The first-order valence-corrected chi connectivity index (χ1v) is 8.52. The van der Waals surface area contributed by atoms with Gasteiger partial charge in [-0.2, -0.15) is 0 Å². The smallest absolute Gasteiger partial charge is 0.309 e. The van der Waals surface area contributed by atoms with E-state index < -0.39 is 23.9 Å². The lowest BCUT2D eigenvalue weighted by Crippen LogP contribution is -2.24. The van der Waals surface area contributed by atoms with E-state index in [1.807, 2.05) is 0 Å². The van der Waals surface area contributed by atoms with Gasteiger partial charge in [-0.25, -0.2) is 0 Å². The molecule has 1 aliphatic heterocycles. The SMILES string of the molecule is COc1ccc(CC2C(=O)OCC2C(O)c2ccc(OC)c(O)c2)cc1O. The molecule has 0 radical (unpaired) electrons. The zero-order valence-electron chi connectivity index (χ0n) is 15.1. The summed E-state index contributed by atoms with van der Waals surface area (Å²) >= 11 is 0. The van der Waals surface area contributed by atoms with Gasteiger partial charge in [-0.1, -0.05) is 12.1 Å². The average molecular weight is 374 g/mol. The lowest BCUT2D eigenvalue weighted by molar-refractivity contribution is -0.141. The van der Waals surface area contributed by atoms with Crippen LogP contribution in [0.1, 0.15) is 17.2 Å². The van der Waals surface area contributed by atoms with Crippen molar-refractivity contribution in [2.75, 3.05) is 20.8 Å². The van der Waals surface area contributed by atoms with Crippen molar-refractivity contribution in [2.24, 2.45) is 11.8 Å². The Bertz CT molecular complexity index is 833. The Balaban J connectivity index is 1.81. The van der Waals surface area contributed by atoms with Gasteiger partial charge in [0.05, 0.1) is 32.8 Å². The van der Waals surface area contributed by atoms with Crippen molar-refractivity contribution in [3.63, 3.8) is 0 Å². The molecule has 3 N–H and O–H groups in total. The summed E-state index contributed by atoms with van der Waals surface area (Å²) in [5, 5.41) is 30.6. The van der Waals surface area contributed by atoms with E-state index in [1.54, 1.807) is 24.3 Å². The number of carbonyl (C=O) groups is 1. The zero-order chi connectivity index (χ0) is 19.6. The molecule has 1 aliphatic rings. The molecule has 1 fully saturated rings. The highest BCUT2D eigenvalue weighted by Gasteiger charge is 2.41. The number of ether oxygens (including phenoxy) is 3. The Morgan fingerprint density at radius 1 is 1.07 bits per heavy atom. The number of esters is 1. The Hall–Kier alpha value is -2.93. The molecule has 2 aromatic carbocycles. The fourth-order valence-electron chi connectivity index (χ4n) is 3.38. The predicted molar refractivity (Wildman–Crippen MR) is 95.9 cm³/mol. The lowest BCUT2D eigenvalue weighted by Gasteiger charge is -2.22. The van der Waals surface area contributed by atoms with Gasteiger partial charge in [-0.15, -0.1) is 0 Å². The molecule has 0 aliphatic carbocycles. The maximum absolute atomic E-state index is 12.2. The third kappa shape index (κ3) is 3.78. The summed E-state index contributed by atoms with van der Waals surface area (Å²) in [6.07, 6.45) is -0.689. The Morgan fingerprint density at radius 3 is 2.30 bits per heavy atom. The topological polar surface area (TPSA) is 105 Å². The van der Waals surface area contributed by atoms with Gasteiger partial charge >= 0.3 is 5.97 Å². The molecular formula is C20H22O7. The highest BCUT2D eigenvalue weighted by Crippen LogP contribution is 2.39. The molecular weight excluding hydrogens is 352 g/mol. The van der Waals surface area contributed by atoms with Crippen molar-refractivity contribution >= 4 is 5.97 Å². The van der Waals surface area contributed by atoms with Crippen molar-refractivity contribution < 1.29 is 34.3 Å². The number of cyclic esters (lactones) is 1. The second kappa shape index (κ2) is 7.75. The average Bonchev–Trinajstić information content (AvgIpc) is 3.01. The van der Waals surface area contributed by atoms with Crippen LogP contribution in [0.4, 0.5) is 0 Å². The first-order valence-electron chi connectivity index (χ1n) is 8.52. The van der Waals surface area contributed by atoms with Crippen LogP contribution in [-0.4, -0.2) is 42.1 Å². The molecule has 3 atom stereocenters. The van der Waals surface area contributed by atoms with E-state index in [-0.39, 0.29) is 18.1 Å². The normalized spacial score (nSPS) is 20.2. The fraction of sp³-hybridized carbons (Fsp3) is 0.350. The van der Waals surface area contributed by atoms with Crippen LogP contribution < -0.4 is 9.47 Å². The van der Waals surface area contributed by atoms with Gasteiger partial charge in [0.15, 0.2) is 23.0 Å². The summed E-state index contributed by atoms with van der Waals surface area (Å²) in [4.78, 5) is 12.2. The summed E-state index contributed by atoms with van der Waals surface area (Å²) in [5.74, 6) is -0.902. The van der Waals surface area contributed by atoms with E-state index in [0.717, 1.165) is 5.56 Å². The predicted octanol–water partition coefficient (Wildman–Crippen LogP) is 2.18. The number of methoxy groups -OCH3 is 2. The molecule has 2 aromatic rings. The van der Waals surface area contributed by atoms with E-state index >= 15 is 0 Å². The van der Waals surface area contributed by atoms with Crippen LogP contribution in [0.2, 0.25) is 0 Å².